The molecule has 2 N–H and O–H groups in total. The second kappa shape index (κ2) is 6.01. The first kappa shape index (κ1) is 16.1. The molecular weight excluding hydrogens is 334 g/mol. The Bertz CT molecular complexity index is 805. The van der Waals surface area contributed by atoms with Gasteiger partial charge in [-0.2, -0.15) is 0 Å². The molecule has 2 heterocycles. The van der Waals surface area contributed by atoms with Gasteiger partial charge in [0.25, 0.3) is 5.91 Å². The Morgan fingerprint density at radius 3 is 2.79 bits per heavy atom. The van der Waals surface area contributed by atoms with Crippen molar-refractivity contribution >= 4 is 35.1 Å². The van der Waals surface area contributed by atoms with Crippen LogP contribution >= 0.6 is 11.6 Å². The fourth-order valence-corrected chi connectivity index (χ4v) is 2.67. The monoisotopic (exact) mass is 347 g/mol. The van der Waals surface area contributed by atoms with E-state index in [-0.39, 0.29) is 0 Å². The summed E-state index contributed by atoms with van der Waals surface area (Å²) in [5, 5.41) is 5.61. The van der Waals surface area contributed by atoms with Crippen LogP contribution in [0.2, 0.25) is 5.02 Å². The van der Waals surface area contributed by atoms with Gasteiger partial charge in [0.2, 0.25) is 5.91 Å². The number of imide groups is 1. The van der Waals surface area contributed by atoms with Gasteiger partial charge in [-0.3, -0.25) is 14.5 Å². The normalized spacial score (nSPS) is 20.2. The van der Waals surface area contributed by atoms with Crippen LogP contribution in [-0.2, 0) is 15.1 Å². The third kappa shape index (κ3) is 2.85. The molecule has 4 amide bonds. The number of furan rings is 1. The van der Waals surface area contributed by atoms with E-state index in [1.165, 1.54) is 13.2 Å². The van der Waals surface area contributed by atoms with Gasteiger partial charge < -0.3 is 15.1 Å². The second-order valence-electron chi connectivity index (χ2n) is 5.48. The summed E-state index contributed by atoms with van der Waals surface area (Å²) in [6.07, 6.45) is 1.41. The fraction of sp³-hybridized carbons (Fsp3) is 0.188. The van der Waals surface area contributed by atoms with Crippen LogP contribution in [0.15, 0.2) is 47.1 Å². The number of hydrogen-bond acceptors (Lipinski definition) is 4. The molecule has 0 bridgehead atoms. The van der Waals surface area contributed by atoms with Crippen molar-refractivity contribution in [1.82, 2.24) is 10.2 Å². The van der Waals surface area contributed by atoms with E-state index in [4.69, 9.17) is 16.0 Å². The number of amides is 4. The maximum absolute atomic E-state index is 12.6. The van der Waals surface area contributed by atoms with Crippen molar-refractivity contribution < 1.29 is 18.8 Å². The lowest BCUT2D eigenvalue weighted by molar-refractivity contribution is -0.134. The molecule has 0 radical (unpaired) electrons. The fourth-order valence-electron chi connectivity index (χ4n) is 2.48. The average molecular weight is 348 g/mol. The zero-order valence-corrected chi connectivity index (χ0v) is 13.5. The van der Waals surface area contributed by atoms with E-state index in [2.05, 4.69) is 10.6 Å². The van der Waals surface area contributed by atoms with Crippen molar-refractivity contribution in [3.63, 3.8) is 0 Å². The van der Waals surface area contributed by atoms with Crippen molar-refractivity contribution in [2.24, 2.45) is 0 Å². The lowest BCUT2D eigenvalue weighted by atomic mass is 9.99. The molecule has 1 aliphatic rings. The Hall–Kier alpha value is -2.80. The van der Waals surface area contributed by atoms with Crippen molar-refractivity contribution in [1.29, 1.82) is 0 Å². The van der Waals surface area contributed by atoms with Crippen LogP contribution in [0.3, 0.4) is 0 Å². The Kier molecular flexibility index (Phi) is 4.02. The van der Waals surface area contributed by atoms with Gasteiger partial charge in [0.15, 0.2) is 5.54 Å². The van der Waals surface area contributed by atoms with Crippen LogP contribution in [0.4, 0.5) is 10.5 Å². The summed E-state index contributed by atoms with van der Waals surface area (Å²) in [4.78, 5) is 37.6. The van der Waals surface area contributed by atoms with Crippen molar-refractivity contribution in [3.8, 4) is 0 Å². The van der Waals surface area contributed by atoms with Gasteiger partial charge in [-0.25, -0.2) is 4.79 Å². The lowest BCUT2D eigenvalue weighted by Gasteiger charge is -2.18. The number of benzene rings is 1. The highest BCUT2D eigenvalue weighted by molar-refractivity contribution is 6.30. The third-order valence-corrected chi connectivity index (χ3v) is 3.93. The lowest BCUT2D eigenvalue weighted by Crippen LogP contribution is -2.41. The number of nitrogens with one attached hydrogen (secondary N) is 2. The zero-order valence-electron chi connectivity index (χ0n) is 12.7. The number of hydrogen-bond donors (Lipinski definition) is 2. The number of rotatable bonds is 4. The summed E-state index contributed by atoms with van der Waals surface area (Å²) in [6.45, 7) is 1.12. The number of nitrogens with zero attached hydrogens (tertiary/aromatic N) is 1. The van der Waals surface area contributed by atoms with Gasteiger partial charge in [0, 0.05) is 10.7 Å². The minimum atomic E-state index is -1.32. The molecule has 8 heteroatoms. The van der Waals surface area contributed by atoms with E-state index in [1.54, 1.807) is 36.4 Å². The Balaban J connectivity index is 1.72. The molecule has 0 spiro atoms. The summed E-state index contributed by atoms with van der Waals surface area (Å²) in [5.74, 6) is -0.758. The highest BCUT2D eigenvalue weighted by atomic mass is 35.5. The maximum Gasteiger partial charge on any atom is 0.325 e. The largest absolute Gasteiger partial charge is 0.466 e. The van der Waals surface area contributed by atoms with Crippen LogP contribution in [0, 0.1) is 0 Å². The van der Waals surface area contributed by atoms with E-state index >= 15 is 0 Å². The molecule has 1 fully saturated rings. The van der Waals surface area contributed by atoms with E-state index in [0.717, 1.165) is 4.90 Å². The molecule has 24 heavy (non-hydrogen) atoms. The third-order valence-electron chi connectivity index (χ3n) is 3.70. The van der Waals surface area contributed by atoms with Crippen molar-refractivity contribution in [2.45, 2.75) is 12.5 Å². The van der Waals surface area contributed by atoms with E-state index < -0.39 is 29.9 Å². The molecule has 1 aromatic heterocycles. The van der Waals surface area contributed by atoms with Gasteiger partial charge in [-0.05, 0) is 37.3 Å². The standard InChI is InChI=1S/C16H14ClN3O4/c1-16(12-6-3-7-24-12)14(22)20(15(23)19-16)9-13(21)18-11-5-2-4-10(17)8-11/h2-8H,9H2,1H3,(H,18,21)(H,19,23). The van der Waals surface area contributed by atoms with Gasteiger partial charge in [-0.1, -0.05) is 17.7 Å². The molecule has 3 rings (SSSR count). The van der Waals surface area contributed by atoms with Crippen LogP contribution in [0.1, 0.15) is 12.7 Å². The molecule has 0 saturated carbocycles. The minimum Gasteiger partial charge on any atom is -0.466 e. The quantitative estimate of drug-likeness (QED) is 0.830. The van der Waals surface area contributed by atoms with Crippen LogP contribution < -0.4 is 10.6 Å². The Morgan fingerprint density at radius 1 is 1.33 bits per heavy atom. The number of urea groups is 1. The van der Waals surface area contributed by atoms with Crippen LogP contribution in [0.5, 0.6) is 0 Å². The van der Waals surface area contributed by atoms with Crippen LogP contribution in [0.25, 0.3) is 0 Å². The summed E-state index contributed by atoms with van der Waals surface area (Å²) in [6, 6.07) is 9.13. The van der Waals surface area contributed by atoms with E-state index in [0.29, 0.717) is 16.5 Å². The first-order valence-electron chi connectivity index (χ1n) is 7.13. The molecule has 2 aromatic rings. The predicted molar refractivity (Wildman–Crippen MR) is 86.4 cm³/mol. The molecule has 1 unspecified atom stereocenters. The maximum atomic E-state index is 12.6. The summed E-state index contributed by atoms with van der Waals surface area (Å²) in [5.41, 5.74) is -0.843. The molecular formula is C16H14ClN3O4. The molecule has 0 aliphatic carbocycles. The summed E-state index contributed by atoms with van der Waals surface area (Å²) < 4.78 is 5.22. The number of anilines is 1. The van der Waals surface area contributed by atoms with Crippen molar-refractivity contribution in [2.75, 3.05) is 11.9 Å². The van der Waals surface area contributed by atoms with Crippen molar-refractivity contribution in [3.05, 3.63) is 53.4 Å². The highest BCUT2D eigenvalue weighted by Crippen LogP contribution is 2.29. The zero-order chi connectivity index (χ0) is 17.3. The first-order chi connectivity index (χ1) is 11.4. The summed E-state index contributed by atoms with van der Waals surface area (Å²) in [7, 11) is 0. The SMILES string of the molecule is CC1(c2ccco2)NC(=O)N(CC(=O)Nc2cccc(Cl)c2)C1=O. The molecule has 1 saturated heterocycles. The van der Waals surface area contributed by atoms with Gasteiger partial charge >= 0.3 is 6.03 Å². The molecule has 7 nitrogen and oxygen atoms in total. The highest BCUT2D eigenvalue weighted by Gasteiger charge is 2.51. The molecule has 1 atom stereocenters. The smallest absolute Gasteiger partial charge is 0.325 e. The first-order valence-corrected chi connectivity index (χ1v) is 7.51. The molecule has 1 aromatic carbocycles. The second-order valence-corrected chi connectivity index (χ2v) is 5.92. The average Bonchev–Trinajstić information content (AvgIpc) is 3.12. The predicted octanol–water partition coefficient (Wildman–Crippen LogP) is 2.34. The Labute approximate surface area is 142 Å². The number of halogens is 1. The van der Waals surface area contributed by atoms with Gasteiger partial charge in [0.05, 0.1) is 6.26 Å². The van der Waals surface area contributed by atoms with E-state index in [1.807, 2.05) is 0 Å². The molecule has 124 valence electrons. The Morgan fingerprint density at radius 2 is 2.12 bits per heavy atom. The molecule has 1 aliphatic heterocycles. The number of carbonyl (C=O) groups is 3. The van der Waals surface area contributed by atoms with Gasteiger partial charge in [-0.15, -0.1) is 0 Å². The van der Waals surface area contributed by atoms with E-state index in [9.17, 15) is 14.4 Å². The van der Waals surface area contributed by atoms with Crippen LogP contribution in [-0.4, -0.2) is 29.3 Å². The summed E-state index contributed by atoms with van der Waals surface area (Å²) >= 11 is 5.85. The number of carbonyl (C=O) groups excluding carboxylic acids is 3. The topological polar surface area (TPSA) is 91.7 Å². The van der Waals surface area contributed by atoms with Gasteiger partial charge in [0.1, 0.15) is 12.3 Å². The minimum absolute atomic E-state index is 0.304.